The third-order valence-corrected chi connectivity index (χ3v) is 4.52. The molecule has 0 bridgehead atoms. The summed E-state index contributed by atoms with van der Waals surface area (Å²) in [5.41, 5.74) is 0. The summed E-state index contributed by atoms with van der Waals surface area (Å²) in [6, 6.07) is 0. The molecule has 0 aliphatic carbocycles. The molecule has 0 saturated carbocycles. The molecule has 0 aromatic rings. The standard InChI is InChI=1S/C12H4F21I/c13-3(14,1-2-34)4(15,16)5(17,18)6(19,20)7(21,22)8(23,24)9(25,26)10(27,28)11(29,30)12(31,32)33/h1-2H2. The fraction of sp³-hybridized carbons (Fsp3) is 1.00. The molecule has 0 amide bonds. The quantitative estimate of drug-likeness (QED) is 0.125. The molecule has 0 rings (SSSR count). The van der Waals surface area contributed by atoms with E-state index in [4.69, 9.17) is 0 Å². The van der Waals surface area contributed by atoms with Crippen molar-refractivity contribution in [1.29, 1.82) is 0 Å². The van der Waals surface area contributed by atoms with Crippen LogP contribution in [-0.2, 0) is 0 Å². The monoisotopic (exact) mass is 674 g/mol. The van der Waals surface area contributed by atoms with Gasteiger partial charge in [-0.15, -0.1) is 0 Å². The topological polar surface area (TPSA) is 0 Å². The van der Waals surface area contributed by atoms with E-state index in [0.29, 0.717) is 22.6 Å². The van der Waals surface area contributed by atoms with E-state index in [1.54, 1.807) is 0 Å². The average Bonchev–Trinajstić information content (AvgIpc) is 2.59. The van der Waals surface area contributed by atoms with Crippen molar-refractivity contribution in [2.24, 2.45) is 0 Å². The average molecular weight is 674 g/mol. The van der Waals surface area contributed by atoms with Gasteiger partial charge in [-0.3, -0.25) is 0 Å². The zero-order valence-electron chi connectivity index (χ0n) is 14.7. The van der Waals surface area contributed by atoms with Crippen LogP contribution in [0.5, 0.6) is 0 Å². The van der Waals surface area contributed by atoms with Crippen molar-refractivity contribution in [1.82, 2.24) is 0 Å². The van der Waals surface area contributed by atoms with Gasteiger partial charge in [0.15, 0.2) is 0 Å². The van der Waals surface area contributed by atoms with Gasteiger partial charge in [0.2, 0.25) is 0 Å². The summed E-state index contributed by atoms with van der Waals surface area (Å²) < 4.78 is 272. The van der Waals surface area contributed by atoms with Crippen molar-refractivity contribution in [3.8, 4) is 0 Å². The smallest absolute Gasteiger partial charge is 0.200 e. The number of alkyl halides is 22. The molecule has 206 valence electrons. The van der Waals surface area contributed by atoms with Crippen LogP contribution in [0.15, 0.2) is 0 Å². The number of rotatable bonds is 10. The molecule has 0 heterocycles. The largest absolute Gasteiger partial charge is 0.460 e. The first-order chi connectivity index (χ1) is 14.3. The van der Waals surface area contributed by atoms with Crippen LogP contribution in [0.25, 0.3) is 0 Å². The van der Waals surface area contributed by atoms with Gasteiger partial charge >= 0.3 is 59.5 Å². The predicted molar refractivity (Wildman–Crippen MR) is 74.1 cm³/mol. The van der Waals surface area contributed by atoms with Crippen LogP contribution in [-0.4, -0.2) is 63.9 Å². The summed E-state index contributed by atoms with van der Waals surface area (Å²) in [6.07, 6.45) is -10.5. The van der Waals surface area contributed by atoms with E-state index in [1.165, 1.54) is 0 Å². The Balaban J connectivity index is 7.01. The van der Waals surface area contributed by atoms with Crippen molar-refractivity contribution in [2.45, 2.75) is 65.9 Å². The van der Waals surface area contributed by atoms with Crippen LogP contribution in [0.1, 0.15) is 6.42 Å². The van der Waals surface area contributed by atoms with Crippen molar-refractivity contribution in [3.05, 3.63) is 0 Å². The Morgan fingerprint density at radius 1 is 0.324 bits per heavy atom. The molecule has 0 atom stereocenters. The predicted octanol–water partition coefficient (Wildman–Crippen LogP) is 8.09. The van der Waals surface area contributed by atoms with E-state index in [9.17, 15) is 92.2 Å². The van der Waals surface area contributed by atoms with E-state index in [-0.39, 0.29) is 0 Å². The summed E-state index contributed by atoms with van der Waals surface area (Å²) in [5, 5.41) is 0. The van der Waals surface area contributed by atoms with Gasteiger partial charge in [0.05, 0.1) is 0 Å². The molecular formula is C12H4F21I. The number of hydrogen-bond donors (Lipinski definition) is 0. The molecule has 0 radical (unpaired) electrons. The molecule has 0 N–H and O–H groups in total. The Labute approximate surface area is 185 Å². The van der Waals surface area contributed by atoms with E-state index < -0.39 is 70.3 Å². The van der Waals surface area contributed by atoms with Crippen molar-refractivity contribution in [2.75, 3.05) is 4.43 Å². The molecule has 0 aromatic heterocycles. The Kier molecular flexibility index (Phi) is 8.22. The van der Waals surface area contributed by atoms with E-state index in [1.807, 2.05) is 0 Å². The van der Waals surface area contributed by atoms with Gasteiger partial charge in [0.25, 0.3) is 0 Å². The van der Waals surface area contributed by atoms with Gasteiger partial charge in [-0.2, -0.15) is 92.2 Å². The normalized spacial score (nSPS) is 16.8. The molecule has 0 nitrogen and oxygen atoms in total. The minimum absolute atomic E-state index is 0.704. The first kappa shape index (κ1) is 33.3. The first-order valence-corrected chi connectivity index (χ1v) is 8.87. The second-order valence-corrected chi connectivity index (χ2v) is 7.32. The highest BCUT2D eigenvalue weighted by molar-refractivity contribution is 14.1. The molecule has 22 heteroatoms. The van der Waals surface area contributed by atoms with Crippen LogP contribution in [0.2, 0.25) is 0 Å². The lowest BCUT2D eigenvalue weighted by molar-refractivity contribution is -0.474. The number of halogens is 22. The summed E-state index contributed by atoms with van der Waals surface area (Å²) in [4.78, 5) is 0. The maximum Gasteiger partial charge on any atom is 0.460 e. The van der Waals surface area contributed by atoms with Gasteiger partial charge < -0.3 is 0 Å². The Bertz CT molecular complexity index is 731. The molecular weight excluding hydrogens is 670 g/mol. The van der Waals surface area contributed by atoms with Gasteiger partial charge in [0.1, 0.15) is 0 Å². The van der Waals surface area contributed by atoms with E-state index >= 15 is 0 Å². The molecule has 0 aliphatic rings. The molecule has 0 aromatic carbocycles. The van der Waals surface area contributed by atoms with Crippen molar-refractivity contribution < 1.29 is 92.2 Å². The fourth-order valence-electron chi connectivity index (χ4n) is 1.87. The third kappa shape index (κ3) is 4.03. The van der Waals surface area contributed by atoms with Gasteiger partial charge in [-0.05, 0) is 0 Å². The van der Waals surface area contributed by atoms with E-state index in [2.05, 4.69) is 0 Å². The van der Waals surface area contributed by atoms with Gasteiger partial charge in [-0.1, -0.05) is 22.6 Å². The lowest BCUT2D eigenvalue weighted by atomic mass is 9.86. The maximum atomic E-state index is 13.4. The lowest BCUT2D eigenvalue weighted by Crippen LogP contribution is -2.76. The first-order valence-electron chi connectivity index (χ1n) is 7.34. The van der Waals surface area contributed by atoms with Crippen LogP contribution >= 0.6 is 22.6 Å². The highest BCUT2D eigenvalue weighted by Gasteiger charge is 2.97. The highest BCUT2D eigenvalue weighted by Crippen LogP contribution is 2.66. The molecule has 0 aliphatic heterocycles. The summed E-state index contributed by atoms with van der Waals surface area (Å²) in [5.74, 6) is -76.2. The molecule has 0 unspecified atom stereocenters. The second kappa shape index (κ2) is 8.40. The minimum Gasteiger partial charge on any atom is -0.200 e. The van der Waals surface area contributed by atoms with Crippen LogP contribution in [0, 0.1) is 0 Å². The Morgan fingerprint density at radius 3 is 0.735 bits per heavy atom. The SMILES string of the molecule is FC(F)(F)C(F)(F)C(F)(F)C(F)(F)C(F)(F)C(F)(F)C(F)(F)C(F)(F)C(F)(F)C(F)(F)CCI. The van der Waals surface area contributed by atoms with Crippen LogP contribution in [0.4, 0.5) is 92.2 Å². The molecule has 0 saturated heterocycles. The highest BCUT2D eigenvalue weighted by atomic mass is 127. The van der Waals surface area contributed by atoms with Crippen LogP contribution < -0.4 is 0 Å². The molecule has 0 fully saturated rings. The fourth-order valence-corrected chi connectivity index (χ4v) is 2.54. The van der Waals surface area contributed by atoms with Gasteiger partial charge in [-0.25, -0.2) is 0 Å². The van der Waals surface area contributed by atoms with Crippen molar-refractivity contribution >= 4 is 22.6 Å². The summed E-state index contributed by atoms with van der Waals surface area (Å²) in [6.45, 7) is 0. The molecule has 34 heavy (non-hydrogen) atoms. The number of hydrogen-bond acceptors (Lipinski definition) is 0. The summed E-state index contributed by atoms with van der Waals surface area (Å²) in [7, 11) is 0. The second-order valence-electron chi connectivity index (χ2n) is 6.24. The molecule has 0 spiro atoms. The zero-order valence-corrected chi connectivity index (χ0v) is 16.9. The van der Waals surface area contributed by atoms with E-state index in [0.717, 1.165) is 0 Å². The summed E-state index contributed by atoms with van der Waals surface area (Å²) >= 11 is 0.704. The Hall–Kier alpha value is -0.740. The van der Waals surface area contributed by atoms with Gasteiger partial charge in [0, 0.05) is 10.8 Å². The minimum atomic E-state index is -9.13. The third-order valence-electron chi connectivity index (χ3n) is 3.98. The van der Waals surface area contributed by atoms with Crippen molar-refractivity contribution in [3.63, 3.8) is 0 Å². The zero-order chi connectivity index (χ0) is 28.4. The van der Waals surface area contributed by atoms with Crippen LogP contribution in [0.3, 0.4) is 0 Å². The lowest BCUT2D eigenvalue weighted by Gasteiger charge is -2.44. The Morgan fingerprint density at radius 2 is 0.529 bits per heavy atom. The maximum absolute atomic E-state index is 13.4.